The second-order valence-electron chi connectivity index (χ2n) is 8.61. The largest absolute Gasteiger partial charge is 0.418 e. The van der Waals surface area contributed by atoms with Crippen LogP contribution in [-0.4, -0.2) is 40.3 Å². The molecule has 1 aliphatic rings. The average Bonchev–Trinajstić information content (AvgIpc) is 3.30. The number of halogens is 3. The van der Waals surface area contributed by atoms with Crippen molar-refractivity contribution in [3.63, 3.8) is 0 Å². The monoisotopic (exact) mass is 513 g/mol. The van der Waals surface area contributed by atoms with Gasteiger partial charge in [-0.1, -0.05) is 6.07 Å². The Morgan fingerprint density at radius 1 is 1.03 bits per heavy atom. The summed E-state index contributed by atoms with van der Waals surface area (Å²) in [5, 5.41) is 3.73. The Bertz CT molecular complexity index is 1530. The first-order valence-electron chi connectivity index (χ1n) is 11.3. The number of aromatic nitrogens is 3. The van der Waals surface area contributed by atoms with Gasteiger partial charge in [0.2, 0.25) is 10.0 Å². The normalized spacial score (nSPS) is 16.9. The van der Waals surface area contributed by atoms with Crippen molar-refractivity contribution in [2.45, 2.75) is 36.9 Å². The molecule has 5 rings (SSSR count). The number of hydrogen-bond acceptors (Lipinski definition) is 6. The molecule has 0 amide bonds. The van der Waals surface area contributed by atoms with Crippen LogP contribution in [0.1, 0.15) is 25.3 Å². The maximum Gasteiger partial charge on any atom is 0.418 e. The third-order valence-electron chi connectivity index (χ3n) is 6.24. The molecule has 1 aliphatic heterocycles. The Kier molecular flexibility index (Phi) is 6.13. The Balaban J connectivity index is 1.43. The molecule has 0 radical (unpaired) electrons. The van der Waals surface area contributed by atoms with Crippen LogP contribution in [0, 0.1) is 0 Å². The summed E-state index contributed by atoms with van der Waals surface area (Å²) < 4.78 is 67.7. The molecule has 0 bridgehead atoms. The summed E-state index contributed by atoms with van der Waals surface area (Å²) in [4.78, 5) is 12.6. The van der Waals surface area contributed by atoms with Crippen LogP contribution in [0.15, 0.2) is 72.0 Å². The van der Waals surface area contributed by atoms with Crippen molar-refractivity contribution in [3.8, 4) is 11.3 Å². The number of alkyl halides is 3. The van der Waals surface area contributed by atoms with E-state index in [-0.39, 0.29) is 22.2 Å². The lowest BCUT2D eigenvalue weighted by Gasteiger charge is -2.21. The average molecular weight is 514 g/mol. The fourth-order valence-electron chi connectivity index (χ4n) is 4.41. The summed E-state index contributed by atoms with van der Waals surface area (Å²) in [6.45, 7) is 2.42. The molecule has 1 fully saturated rings. The van der Waals surface area contributed by atoms with Gasteiger partial charge in [0.1, 0.15) is 12.1 Å². The predicted octanol–water partition coefficient (Wildman–Crippen LogP) is 5.63. The van der Waals surface area contributed by atoms with E-state index < -0.39 is 21.8 Å². The van der Waals surface area contributed by atoms with Gasteiger partial charge in [-0.3, -0.25) is 4.98 Å². The van der Waals surface area contributed by atoms with E-state index in [1.54, 1.807) is 36.4 Å². The van der Waals surface area contributed by atoms with E-state index in [4.69, 9.17) is 0 Å². The first-order chi connectivity index (χ1) is 17.1. The number of nitrogens with zero attached hydrogens (tertiary/aromatic N) is 4. The molecule has 36 heavy (non-hydrogen) atoms. The minimum Gasteiger partial charge on any atom is -0.340 e. The first kappa shape index (κ1) is 24.1. The second-order valence-corrected chi connectivity index (χ2v) is 10.5. The smallest absolute Gasteiger partial charge is 0.340 e. The molecular weight excluding hydrogens is 491 g/mol. The Labute approximate surface area is 206 Å². The fourth-order valence-corrected chi connectivity index (χ4v) is 6.11. The highest BCUT2D eigenvalue weighted by molar-refractivity contribution is 7.89. The van der Waals surface area contributed by atoms with Crippen molar-refractivity contribution in [1.82, 2.24) is 19.3 Å². The maximum atomic E-state index is 13.4. The molecule has 186 valence electrons. The summed E-state index contributed by atoms with van der Waals surface area (Å²) in [6, 6.07) is 13.3. The zero-order valence-electron chi connectivity index (χ0n) is 19.2. The molecule has 1 N–H and O–H groups in total. The van der Waals surface area contributed by atoms with Gasteiger partial charge in [-0.2, -0.15) is 17.5 Å². The van der Waals surface area contributed by atoms with Gasteiger partial charge < -0.3 is 5.32 Å². The van der Waals surface area contributed by atoms with E-state index >= 15 is 0 Å². The number of sulfonamides is 1. The van der Waals surface area contributed by atoms with Gasteiger partial charge >= 0.3 is 6.18 Å². The SMILES string of the molecule is CC1CCCN1S(=O)(=O)c1ccc(Nc2ncnc3cc(-c4ncccc4C(F)(F)F)ccc23)cc1. The molecule has 3 heterocycles. The number of nitrogens with one attached hydrogen (secondary N) is 1. The van der Waals surface area contributed by atoms with E-state index in [0.29, 0.717) is 29.0 Å². The lowest BCUT2D eigenvalue weighted by Crippen LogP contribution is -2.33. The topological polar surface area (TPSA) is 88.1 Å². The fraction of sp³-hybridized carbons (Fsp3) is 0.240. The van der Waals surface area contributed by atoms with Gasteiger partial charge in [-0.25, -0.2) is 18.4 Å². The van der Waals surface area contributed by atoms with Gasteiger partial charge in [0.25, 0.3) is 0 Å². The highest BCUT2D eigenvalue weighted by Crippen LogP contribution is 2.37. The molecule has 1 saturated heterocycles. The third kappa shape index (κ3) is 4.51. The number of fused-ring (bicyclic) bond motifs is 1. The van der Waals surface area contributed by atoms with Crippen molar-refractivity contribution in [1.29, 1.82) is 0 Å². The number of anilines is 2. The lowest BCUT2D eigenvalue weighted by atomic mass is 10.0. The highest BCUT2D eigenvalue weighted by atomic mass is 32.2. The number of hydrogen-bond donors (Lipinski definition) is 1. The van der Waals surface area contributed by atoms with Gasteiger partial charge in [0.05, 0.1) is 21.7 Å². The van der Waals surface area contributed by atoms with Crippen molar-refractivity contribution in [2.75, 3.05) is 11.9 Å². The molecular formula is C25H22F3N5O2S. The Hall–Kier alpha value is -3.57. The summed E-state index contributed by atoms with van der Waals surface area (Å²) in [6.07, 6.45) is -0.218. The third-order valence-corrected chi connectivity index (χ3v) is 8.27. The minimum absolute atomic E-state index is 0.0247. The molecule has 0 spiro atoms. The van der Waals surface area contributed by atoms with Gasteiger partial charge in [-0.05, 0) is 68.3 Å². The molecule has 2 aromatic carbocycles. The Morgan fingerprint density at radius 2 is 1.81 bits per heavy atom. The zero-order chi connectivity index (χ0) is 25.5. The Morgan fingerprint density at radius 3 is 2.50 bits per heavy atom. The van der Waals surface area contributed by atoms with Crippen LogP contribution in [0.2, 0.25) is 0 Å². The van der Waals surface area contributed by atoms with Gasteiger partial charge in [0, 0.05) is 35.4 Å². The van der Waals surface area contributed by atoms with E-state index in [2.05, 4.69) is 20.3 Å². The maximum absolute atomic E-state index is 13.4. The summed E-state index contributed by atoms with van der Waals surface area (Å²) in [5.41, 5.74) is 0.326. The summed E-state index contributed by atoms with van der Waals surface area (Å²) >= 11 is 0. The van der Waals surface area contributed by atoms with Crippen molar-refractivity contribution < 1.29 is 21.6 Å². The molecule has 1 atom stereocenters. The van der Waals surface area contributed by atoms with Crippen LogP contribution >= 0.6 is 0 Å². The van der Waals surface area contributed by atoms with Crippen LogP contribution in [0.3, 0.4) is 0 Å². The van der Waals surface area contributed by atoms with Crippen LogP contribution in [-0.2, 0) is 16.2 Å². The van der Waals surface area contributed by atoms with Crippen LogP contribution in [0.4, 0.5) is 24.7 Å². The second kappa shape index (κ2) is 9.14. The van der Waals surface area contributed by atoms with Crippen LogP contribution in [0.25, 0.3) is 22.2 Å². The summed E-state index contributed by atoms with van der Waals surface area (Å²) in [5.74, 6) is 0.437. The predicted molar refractivity (Wildman–Crippen MR) is 130 cm³/mol. The van der Waals surface area contributed by atoms with E-state index in [1.165, 1.54) is 29.0 Å². The number of pyridine rings is 1. The van der Waals surface area contributed by atoms with Crippen LogP contribution in [0.5, 0.6) is 0 Å². The van der Waals surface area contributed by atoms with Crippen molar-refractivity contribution in [3.05, 3.63) is 72.7 Å². The molecule has 2 aromatic heterocycles. The standard InChI is InChI=1S/C25H22F3N5O2S/c1-16-4-3-13-33(16)36(34,35)19-9-7-18(8-10-19)32-24-20-11-6-17(14-22(20)30-15-31-24)23-21(25(26,27)28)5-2-12-29-23/h2,5-12,14-16H,3-4,13H2,1H3,(H,30,31,32). The summed E-state index contributed by atoms with van der Waals surface area (Å²) in [7, 11) is -3.56. The van der Waals surface area contributed by atoms with Gasteiger partial charge in [0.15, 0.2) is 0 Å². The highest BCUT2D eigenvalue weighted by Gasteiger charge is 2.34. The molecule has 0 aliphatic carbocycles. The molecule has 1 unspecified atom stereocenters. The molecule has 11 heteroatoms. The quantitative estimate of drug-likeness (QED) is 0.372. The zero-order valence-corrected chi connectivity index (χ0v) is 20.0. The van der Waals surface area contributed by atoms with E-state index in [9.17, 15) is 21.6 Å². The van der Waals surface area contributed by atoms with Gasteiger partial charge in [-0.15, -0.1) is 0 Å². The first-order valence-corrected chi connectivity index (χ1v) is 12.7. The molecule has 0 saturated carbocycles. The van der Waals surface area contributed by atoms with Crippen molar-refractivity contribution >= 4 is 32.4 Å². The number of benzene rings is 2. The lowest BCUT2D eigenvalue weighted by molar-refractivity contribution is -0.137. The number of rotatable bonds is 5. The minimum atomic E-state index is -4.54. The van der Waals surface area contributed by atoms with Crippen molar-refractivity contribution in [2.24, 2.45) is 0 Å². The molecule has 4 aromatic rings. The molecule has 7 nitrogen and oxygen atoms in total. The van der Waals surface area contributed by atoms with Crippen LogP contribution < -0.4 is 5.32 Å². The van der Waals surface area contributed by atoms with E-state index in [1.807, 2.05) is 6.92 Å². The van der Waals surface area contributed by atoms with E-state index in [0.717, 1.165) is 18.9 Å².